The topological polar surface area (TPSA) is 55.4 Å². The van der Waals surface area contributed by atoms with E-state index in [1.165, 1.54) is 11.3 Å². The molecule has 0 aliphatic carbocycles. The highest BCUT2D eigenvalue weighted by Crippen LogP contribution is 2.21. The first-order chi connectivity index (χ1) is 9.86. The van der Waals surface area contributed by atoms with E-state index < -0.39 is 5.41 Å². The molecule has 1 aromatic carbocycles. The van der Waals surface area contributed by atoms with Gasteiger partial charge in [-0.3, -0.25) is 9.59 Å². The summed E-state index contributed by atoms with van der Waals surface area (Å²) in [5, 5.41) is 4.64. The van der Waals surface area contributed by atoms with Crippen molar-refractivity contribution in [2.75, 3.05) is 5.32 Å². The van der Waals surface area contributed by atoms with Crippen LogP contribution in [0.2, 0.25) is 0 Å². The molecule has 0 radical (unpaired) electrons. The van der Waals surface area contributed by atoms with Gasteiger partial charge in [0.1, 0.15) is 5.75 Å². The van der Waals surface area contributed by atoms with Gasteiger partial charge < -0.3 is 10.1 Å². The molecule has 0 spiro atoms. The number of carbonyl (C=O) groups excluding carboxylic acids is 2. The van der Waals surface area contributed by atoms with Crippen LogP contribution in [0.5, 0.6) is 5.75 Å². The van der Waals surface area contributed by atoms with Crippen LogP contribution in [-0.4, -0.2) is 11.9 Å². The second-order valence-electron chi connectivity index (χ2n) is 5.60. The summed E-state index contributed by atoms with van der Waals surface area (Å²) < 4.78 is 5.26. The molecule has 0 aliphatic rings. The third-order valence-corrected chi connectivity index (χ3v) is 3.55. The van der Waals surface area contributed by atoms with E-state index in [1.807, 2.05) is 11.4 Å². The maximum atomic E-state index is 11.9. The second-order valence-corrected chi connectivity index (χ2v) is 6.54. The Morgan fingerprint density at radius 2 is 1.76 bits per heavy atom. The summed E-state index contributed by atoms with van der Waals surface area (Å²) >= 11 is 1.38. The Balaban J connectivity index is 1.99. The number of carbonyl (C=O) groups is 2. The molecular weight excluding hydrogens is 286 g/mol. The zero-order chi connectivity index (χ0) is 15.5. The normalized spacial score (nSPS) is 11.0. The van der Waals surface area contributed by atoms with Crippen LogP contribution < -0.4 is 10.1 Å². The molecule has 0 bridgehead atoms. The molecule has 2 aromatic rings. The number of ether oxygens (including phenoxy) is 1. The molecule has 0 saturated carbocycles. The quantitative estimate of drug-likeness (QED) is 0.690. The molecule has 5 heteroatoms. The van der Waals surface area contributed by atoms with Crippen LogP contribution in [0.1, 0.15) is 30.4 Å². The molecule has 0 atom stereocenters. The molecule has 1 heterocycles. The van der Waals surface area contributed by atoms with Gasteiger partial charge in [0.25, 0.3) is 5.91 Å². The summed E-state index contributed by atoms with van der Waals surface area (Å²) in [5.74, 6) is 0.0198. The van der Waals surface area contributed by atoms with Crippen LogP contribution in [-0.2, 0) is 4.79 Å². The highest BCUT2D eigenvalue weighted by Gasteiger charge is 2.23. The lowest BCUT2D eigenvalue weighted by Crippen LogP contribution is -2.25. The van der Waals surface area contributed by atoms with Crippen LogP contribution in [0.25, 0.3) is 0 Å². The van der Waals surface area contributed by atoms with E-state index in [9.17, 15) is 9.59 Å². The van der Waals surface area contributed by atoms with Crippen LogP contribution in [0.4, 0.5) is 5.69 Å². The van der Waals surface area contributed by atoms with Crippen molar-refractivity contribution in [3.63, 3.8) is 0 Å². The van der Waals surface area contributed by atoms with Gasteiger partial charge in [-0.2, -0.15) is 0 Å². The molecule has 0 saturated heterocycles. The number of benzene rings is 1. The number of thiophene rings is 1. The van der Waals surface area contributed by atoms with Crippen molar-refractivity contribution < 1.29 is 14.3 Å². The van der Waals surface area contributed by atoms with Gasteiger partial charge in [-0.15, -0.1) is 11.3 Å². The summed E-state index contributed by atoms with van der Waals surface area (Å²) in [6, 6.07) is 10.3. The van der Waals surface area contributed by atoms with Crippen molar-refractivity contribution in [2.24, 2.45) is 5.41 Å². The average Bonchev–Trinajstić information content (AvgIpc) is 2.94. The monoisotopic (exact) mass is 303 g/mol. The smallest absolute Gasteiger partial charge is 0.316 e. The maximum absolute atomic E-state index is 11.9. The van der Waals surface area contributed by atoms with Gasteiger partial charge in [-0.1, -0.05) is 6.07 Å². The van der Waals surface area contributed by atoms with Crippen molar-refractivity contribution >= 4 is 28.9 Å². The van der Waals surface area contributed by atoms with E-state index in [2.05, 4.69) is 5.32 Å². The summed E-state index contributed by atoms with van der Waals surface area (Å²) in [4.78, 5) is 24.3. The summed E-state index contributed by atoms with van der Waals surface area (Å²) in [7, 11) is 0. The maximum Gasteiger partial charge on any atom is 0.316 e. The summed E-state index contributed by atoms with van der Waals surface area (Å²) in [6.07, 6.45) is 0. The number of rotatable bonds is 3. The van der Waals surface area contributed by atoms with E-state index >= 15 is 0 Å². The van der Waals surface area contributed by atoms with E-state index in [0.717, 1.165) is 0 Å². The van der Waals surface area contributed by atoms with Gasteiger partial charge in [0.2, 0.25) is 0 Å². The number of amides is 1. The van der Waals surface area contributed by atoms with E-state index in [0.29, 0.717) is 16.3 Å². The molecule has 1 aromatic heterocycles. The van der Waals surface area contributed by atoms with E-state index in [4.69, 9.17) is 4.74 Å². The Kier molecular flexibility index (Phi) is 4.43. The number of anilines is 1. The van der Waals surface area contributed by atoms with Gasteiger partial charge >= 0.3 is 5.97 Å². The Labute approximate surface area is 127 Å². The zero-order valence-corrected chi connectivity index (χ0v) is 13.0. The molecule has 1 N–H and O–H groups in total. The van der Waals surface area contributed by atoms with Crippen LogP contribution in [0.15, 0.2) is 41.8 Å². The molecule has 21 heavy (non-hydrogen) atoms. The van der Waals surface area contributed by atoms with Crippen molar-refractivity contribution in [3.8, 4) is 5.75 Å². The van der Waals surface area contributed by atoms with Gasteiger partial charge in [-0.25, -0.2) is 0 Å². The molecule has 2 rings (SSSR count). The predicted molar refractivity (Wildman–Crippen MR) is 83.8 cm³/mol. The van der Waals surface area contributed by atoms with Gasteiger partial charge in [0, 0.05) is 5.69 Å². The van der Waals surface area contributed by atoms with Crippen molar-refractivity contribution in [2.45, 2.75) is 20.8 Å². The zero-order valence-electron chi connectivity index (χ0n) is 12.2. The van der Waals surface area contributed by atoms with Crippen molar-refractivity contribution in [1.82, 2.24) is 0 Å². The van der Waals surface area contributed by atoms with Crippen LogP contribution in [0.3, 0.4) is 0 Å². The summed E-state index contributed by atoms with van der Waals surface area (Å²) in [6.45, 7) is 5.39. The fourth-order valence-corrected chi connectivity index (χ4v) is 2.09. The fourth-order valence-electron chi connectivity index (χ4n) is 1.47. The minimum atomic E-state index is -0.550. The highest BCUT2D eigenvalue weighted by molar-refractivity contribution is 7.12. The van der Waals surface area contributed by atoms with E-state index in [1.54, 1.807) is 51.1 Å². The standard InChI is InChI=1S/C16H17NO3S/c1-16(2,3)15(19)20-12-8-6-11(7-9-12)17-14(18)13-5-4-10-21-13/h4-10H,1-3H3,(H,17,18). The molecular formula is C16H17NO3S. The molecule has 0 fully saturated rings. The molecule has 4 nitrogen and oxygen atoms in total. The molecule has 1 amide bonds. The van der Waals surface area contributed by atoms with E-state index in [-0.39, 0.29) is 11.9 Å². The number of nitrogens with one attached hydrogen (secondary N) is 1. The largest absolute Gasteiger partial charge is 0.426 e. The highest BCUT2D eigenvalue weighted by atomic mass is 32.1. The lowest BCUT2D eigenvalue weighted by Gasteiger charge is -2.16. The van der Waals surface area contributed by atoms with Gasteiger partial charge in [0.15, 0.2) is 0 Å². The fraction of sp³-hybridized carbons (Fsp3) is 0.250. The second kappa shape index (κ2) is 6.10. The lowest BCUT2D eigenvalue weighted by atomic mass is 9.97. The Bertz CT molecular complexity index is 625. The first-order valence-corrected chi connectivity index (χ1v) is 7.41. The molecule has 0 unspecified atom stereocenters. The Morgan fingerprint density at radius 3 is 2.29 bits per heavy atom. The minimum absolute atomic E-state index is 0.149. The van der Waals surface area contributed by atoms with Crippen molar-refractivity contribution in [3.05, 3.63) is 46.7 Å². The average molecular weight is 303 g/mol. The SMILES string of the molecule is CC(C)(C)C(=O)Oc1ccc(NC(=O)c2cccs2)cc1. The van der Waals surface area contributed by atoms with Crippen LogP contribution in [0, 0.1) is 5.41 Å². The number of hydrogen-bond acceptors (Lipinski definition) is 4. The Morgan fingerprint density at radius 1 is 1.10 bits per heavy atom. The first kappa shape index (κ1) is 15.3. The Hall–Kier alpha value is -2.14. The summed E-state index contributed by atoms with van der Waals surface area (Å²) in [5.41, 5.74) is 0.107. The van der Waals surface area contributed by atoms with Crippen molar-refractivity contribution in [1.29, 1.82) is 0 Å². The number of esters is 1. The third kappa shape index (κ3) is 4.16. The van der Waals surface area contributed by atoms with Gasteiger partial charge in [-0.05, 0) is 56.5 Å². The molecule has 110 valence electrons. The lowest BCUT2D eigenvalue weighted by molar-refractivity contribution is -0.142. The number of hydrogen-bond donors (Lipinski definition) is 1. The minimum Gasteiger partial charge on any atom is -0.426 e. The van der Waals surface area contributed by atoms with Gasteiger partial charge in [0.05, 0.1) is 10.3 Å². The first-order valence-electron chi connectivity index (χ1n) is 6.53. The molecule has 0 aliphatic heterocycles. The van der Waals surface area contributed by atoms with Crippen LogP contribution >= 0.6 is 11.3 Å². The predicted octanol–water partition coefficient (Wildman–Crippen LogP) is 3.95. The third-order valence-electron chi connectivity index (χ3n) is 2.68.